The molecule has 2 aromatic rings. The van der Waals surface area contributed by atoms with Crippen LogP contribution in [0.1, 0.15) is 31.3 Å². The second kappa shape index (κ2) is 7.26. The molecule has 30 heavy (non-hydrogen) atoms. The van der Waals surface area contributed by atoms with Crippen LogP contribution < -0.4 is 20.3 Å². The third kappa shape index (κ3) is 3.81. The van der Waals surface area contributed by atoms with E-state index in [1.165, 1.54) is 0 Å². The van der Waals surface area contributed by atoms with Crippen LogP contribution in [0.15, 0.2) is 12.4 Å². The van der Waals surface area contributed by atoms with Crippen molar-refractivity contribution in [3.8, 4) is 5.75 Å². The normalized spacial score (nSPS) is 23.3. The minimum Gasteiger partial charge on any atom is -0.487 e. The molecule has 160 valence electrons. The summed E-state index contributed by atoms with van der Waals surface area (Å²) in [5, 5.41) is 6.07. The summed E-state index contributed by atoms with van der Waals surface area (Å²) < 4.78 is 43.1. The molecule has 4 rings (SSSR count). The van der Waals surface area contributed by atoms with Crippen LogP contribution in [-0.4, -0.2) is 51.1 Å². The molecule has 1 atom stereocenters. The second-order valence-electron chi connectivity index (χ2n) is 7.40. The Hall–Kier alpha value is -3.18. The smallest absolute Gasteiger partial charge is 0.451 e. The number of nitrogens with one attached hydrogen (secondary N) is 2. The van der Waals surface area contributed by atoms with E-state index in [1.54, 1.807) is 25.8 Å². The topological polar surface area (TPSA) is 105 Å². The molecule has 1 amide bonds. The van der Waals surface area contributed by atoms with Crippen LogP contribution in [0.25, 0.3) is 0 Å². The molecule has 0 spiro atoms. The summed E-state index contributed by atoms with van der Waals surface area (Å²) in [6.45, 7) is 3.59. The molecular weight excluding hydrogens is 403 g/mol. The van der Waals surface area contributed by atoms with Crippen LogP contribution >= 0.6 is 0 Å². The van der Waals surface area contributed by atoms with Gasteiger partial charge in [-0.25, -0.2) is 15.0 Å². The number of amides is 1. The maximum atomic E-state index is 12.5. The number of carbonyl (C=O) groups is 1. The number of carbonyl (C=O) groups excluding carboxylic acids is 1. The Bertz CT molecular complexity index is 961. The van der Waals surface area contributed by atoms with E-state index in [0.29, 0.717) is 36.0 Å². The Labute approximate surface area is 170 Å². The SMILES string of the molecule is Cc1nc(N[C@H]2C[C@H](Oc3cnc(C(F)(F)F)nc3)C2)nc2c1NC(=O)[C@H](C)N2C. The summed E-state index contributed by atoms with van der Waals surface area (Å²) in [5.74, 6) is -0.0189. The number of halogens is 3. The van der Waals surface area contributed by atoms with Crippen molar-refractivity contribution in [2.45, 2.75) is 51.1 Å². The molecule has 9 nitrogen and oxygen atoms in total. The number of hydrogen-bond acceptors (Lipinski definition) is 8. The minimum absolute atomic E-state index is 0.0590. The lowest BCUT2D eigenvalue weighted by Gasteiger charge is -2.36. The molecule has 1 aliphatic heterocycles. The van der Waals surface area contributed by atoms with Crippen LogP contribution in [0.4, 0.5) is 30.6 Å². The van der Waals surface area contributed by atoms with Gasteiger partial charge in [-0.2, -0.15) is 18.2 Å². The maximum Gasteiger partial charge on any atom is 0.451 e. The number of hydrogen-bond donors (Lipinski definition) is 2. The maximum absolute atomic E-state index is 12.5. The lowest BCUT2D eigenvalue weighted by molar-refractivity contribution is -0.145. The van der Waals surface area contributed by atoms with Gasteiger partial charge in [0.25, 0.3) is 0 Å². The quantitative estimate of drug-likeness (QED) is 0.773. The first-order valence-corrected chi connectivity index (χ1v) is 9.36. The number of anilines is 3. The van der Waals surface area contributed by atoms with Gasteiger partial charge in [0.2, 0.25) is 17.7 Å². The Morgan fingerprint density at radius 1 is 1.23 bits per heavy atom. The van der Waals surface area contributed by atoms with Gasteiger partial charge in [-0.05, 0) is 13.8 Å². The average Bonchev–Trinajstić information content (AvgIpc) is 2.65. The molecule has 2 N–H and O–H groups in total. The zero-order valence-corrected chi connectivity index (χ0v) is 16.5. The molecule has 3 heterocycles. The number of nitrogens with zero attached hydrogens (tertiary/aromatic N) is 5. The second-order valence-corrected chi connectivity index (χ2v) is 7.40. The fraction of sp³-hybridized carbons (Fsp3) is 0.500. The summed E-state index contributed by atoms with van der Waals surface area (Å²) in [6.07, 6.45) is -1.43. The molecule has 0 saturated heterocycles. The molecule has 2 aliphatic rings. The van der Waals surface area contributed by atoms with E-state index < -0.39 is 12.0 Å². The summed E-state index contributed by atoms with van der Waals surface area (Å²) >= 11 is 0. The number of ether oxygens (including phenoxy) is 1. The van der Waals surface area contributed by atoms with Crippen molar-refractivity contribution < 1.29 is 22.7 Å². The Morgan fingerprint density at radius 3 is 2.53 bits per heavy atom. The summed E-state index contributed by atoms with van der Waals surface area (Å²) in [7, 11) is 1.80. The zero-order valence-electron chi connectivity index (χ0n) is 16.5. The van der Waals surface area contributed by atoms with E-state index in [1.807, 2.05) is 0 Å². The van der Waals surface area contributed by atoms with Crippen molar-refractivity contribution in [3.05, 3.63) is 23.9 Å². The van der Waals surface area contributed by atoms with E-state index in [9.17, 15) is 18.0 Å². The van der Waals surface area contributed by atoms with E-state index in [4.69, 9.17) is 4.74 Å². The fourth-order valence-corrected chi connectivity index (χ4v) is 3.29. The standard InChI is InChI=1S/C18H20F3N7O2/c1-8-13-14(28(3)9(2)15(29)26-13)27-17(24-8)25-10-4-11(5-10)30-12-6-22-16(23-7-12)18(19,20)21/h6-7,9-11H,4-5H2,1-3H3,(H,26,29)(H,24,25,27)/t9-,10-,11-/m0/s1. The van der Waals surface area contributed by atoms with Gasteiger partial charge in [0.15, 0.2) is 11.6 Å². The zero-order chi connectivity index (χ0) is 21.6. The largest absolute Gasteiger partial charge is 0.487 e. The van der Waals surface area contributed by atoms with Crippen LogP contribution in [0.2, 0.25) is 0 Å². The molecule has 0 radical (unpaired) electrons. The van der Waals surface area contributed by atoms with E-state index >= 15 is 0 Å². The highest BCUT2D eigenvalue weighted by Crippen LogP contribution is 2.34. The van der Waals surface area contributed by atoms with E-state index in [2.05, 4.69) is 30.6 Å². The predicted octanol–water partition coefficient (Wildman–Crippen LogP) is 2.39. The van der Waals surface area contributed by atoms with Gasteiger partial charge in [0.05, 0.1) is 18.1 Å². The Morgan fingerprint density at radius 2 is 1.90 bits per heavy atom. The number of fused-ring (bicyclic) bond motifs is 1. The number of rotatable bonds is 4. The van der Waals surface area contributed by atoms with Crippen molar-refractivity contribution in [1.29, 1.82) is 0 Å². The lowest BCUT2D eigenvalue weighted by Crippen LogP contribution is -2.45. The monoisotopic (exact) mass is 423 g/mol. The Kier molecular flexibility index (Phi) is 4.86. The highest BCUT2D eigenvalue weighted by atomic mass is 19.4. The molecule has 0 aromatic carbocycles. The van der Waals surface area contributed by atoms with E-state index in [0.717, 1.165) is 12.4 Å². The van der Waals surface area contributed by atoms with Crippen molar-refractivity contribution in [3.63, 3.8) is 0 Å². The fourth-order valence-electron chi connectivity index (χ4n) is 3.29. The average molecular weight is 423 g/mol. The van der Waals surface area contributed by atoms with Gasteiger partial charge < -0.3 is 20.3 Å². The van der Waals surface area contributed by atoms with Gasteiger partial charge in [-0.3, -0.25) is 4.79 Å². The number of likely N-dealkylation sites (N-methyl/N-ethyl adjacent to an activating group) is 1. The summed E-state index contributed by atoms with van der Waals surface area (Å²) in [6, 6.07) is -0.282. The predicted molar refractivity (Wildman–Crippen MR) is 101 cm³/mol. The number of aryl methyl sites for hydroxylation is 1. The first kappa shape index (κ1) is 20.1. The van der Waals surface area contributed by atoms with Crippen LogP contribution in [0.5, 0.6) is 5.75 Å². The molecule has 1 aliphatic carbocycles. The molecule has 1 fully saturated rings. The minimum atomic E-state index is -4.58. The van der Waals surface area contributed by atoms with Gasteiger partial charge in [0.1, 0.15) is 17.8 Å². The Balaban J connectivity index is 1.35. The first-order chi connectivity index (χ1) is 14.1. The molecular formula is C18H20F3N7O2. The molecule has 12 heteroatoms. The third-order valence-electron chi connectivity index (χ3n) is 5.23. The van der Waals surface area contributed by atoms with E-state index in [-0.39, 0.29) is 29.8 Å². The summed E-state index contributed by atoms with van der Waals surface area (Å²) in [5.41, 5.74) is 1.26. The van der Waals surface area contributed by atoms with Gasteiger partial charge in [-0.1, -0.05) is 0 Å². The van der Waals surface area contributed by atoms with Crippen molar-refractivity contribution >= 4 is 23.4 Å². The number of aromatic nitrogens is 4. The number of alkyl halides is 3. The van der Waals surface area contributed by atoms with Crippen LogP contribution in [0.3, 0.4) is 0 Å². The molecule has 2 aromatic heterocycles. The summed E-state index contributed by atoms with van der Waals surface area (Å²) in [4.78, 5) is 29.3. The van der Waals surface area contributed by atoms with Crippen LogP contribution in [0, 0.1) is 6.92 Å². The lowest BCUT2D eigenvalue weighted by atomic mass is 9.89. The van der Waals surface area contributed by atoms with Crippen molar-refractivity contribution in [2.24, 2.45) is 0 Å². The molecule has 0 bridgehead atoms. The van der Waals surface area contributed by atoms with Crippen molar-refractivity contribution in [1.82, 2.24) is 19.9 Å². The highest BCUT2D eigenvalue weighted by Gasteiger charge is 2.36. The van der Waals surface area contributed by atoms with Gasteiger partial charge in [-0.15, -0.1) is 0 Å². The van der Waals surface area contributed by atoms with Crippen molar-refractivity contribution in [2.75, 3.05) is 22.6 Å². The third-order valence-corrected chi connectivity index (χ3v) is 5.23. The van der Waals surface area contributed by atoms with Gasteiger partial charge in [0, 0.05) is 25.9 Å². The van der Waals surface area contributed by atoms with Gasteiger partial charge >= 0.3 is 6.18 Å². The first-order valence-electron chi connectivity index (χ1n) is 9.36. The van der Waals surface area contributed by atoms with Crippen LogP contribution in [-0.2, 0) is 11.0 Å². The molecule has 1 saturated carbocycles. The highest BCUT2D eigenvalue weighted by molar-refractivity contribution is 6.03. The molecule has 0 unspecified atom stereocenters.